The third-order valence-corrected chi connectivity index (χ3v) is 6.62. The number of hydrogen-bond acceptors (Lipinski definition) is 3. The molecule has 2 fully saturated rings. The van der Waals surface area contributed by atoms with Crippen molar-refractivity contribution < 1.29 is 4.79 Å². The van der Waals surface area contributed by atoms with Gasteiger partial charge in [0.1, 0.15) is 5.82 Å². The Bertz CT molecular complexity index is 1040. The fraction of sp³-hybridized carbons (Fsp3) is 0.417. The Morgan fingerprint density at radius 3 is 2.59 bits per heavy atom. The van der Waals surface area contributed by atoms with E-state index in [9.17, 15) is 4.79 Å². The van der Waals surface area contributed by atoms with Crippen LogP contribution in [0.2, 0.25) is 0 Å². The standard InChI is InChI=1S/C24H28N4O/c1-17-6-5-14-27(17)21-13-15-26(16-21)24(29)19-9-11-20(12-10-19)28-18(2)25-22-7-3-4-8-23(22)28/h3-4,7-12,17,21H,5-6,13-16H2,1-2H3/t17-,21-/m0/s1. The van der Waals surface area contributed by atoms with Crippen LogP contribution in [0.5, 0.6) is 0 Å². The fourth-order valence-electron chi connectivity index (χ4n) is 5.10. The number of carbonyl (C=O) groups is 1. The highest BCUT2D eigenvalue weighted by Gasteiger charge is 2.34. The van der Waals surface area contributed by atoms with E-state index in [1.807, 2.05) is 54.3 Å². The number of likely N-dealkylation sites (tertiary alicyclic amines) is 2. The summed E-state index contributed by atoms with van der Waals surface area (Å²) in [6.07, 6.45) is 3.66. The van der Waals surface area contributed by atoms with Gasteiger partial charge in [-0.15, -0.1) is 0 Å². The van der Waals surface area contributed by atoms with Crippen LogP contribution < -0.4 is 0 Å². The van der Waals surface area contributed by atoms with Gasteiger partial charge in [0.2, 0.25) is 0 Å². The van der Waals surface area contributed by atoms with Gasteiger partial charge in [0.05, 0.1) is 11.0 Å². The van der Waals surface area contributed by atoms with Crippen LogP contribution in [0.15, 0.2) is 48.5 Å². The van der Waals surface area contributed by atoms with Crippen molar-refractivity contribution in [3.63, 3.8) is 0 Å². The highest BCUT2D eigenvalue weighted by atomic mass is 16.2. The van der Waals surface area contributed by atoms with E-state index in [1.165, 1.54) is 19.4 Å². The first-order valence-corrected chi connectivity index (χ1v) is 10.7. The number of fused-ring (bicyclic) bond motifs is 1. The first kappa shape index (κ1) is 18.4. The van der Waals surface area contributed by atoms with Crippen molar-refractivity contribution in [1.29, 1.82) is 0 Å². The van der Waals surface area contributed by atoms with Gasteiger partial charge in [-0.3, -0.25) is 14.3 Å². The van der Waals surface area contributed by atoms with Gasteiger partial charge in [-0.2, -0.15) is 0 Å². The van der Waals surface area contributed by atoms with Gasteiger partial charge < -0.3 is 4.90 Å². The number of nitrogens with zero attached hydrogens (tertiary/aromatic N) is 4. The summed E-state index contributed by atoms with van der Waals surface area (Å²) in [6, 6.07) is 17.3. The van der Waals surface area contributed by atoms with E-state index < -0.39 is 0 Å². The largest absolute Gasteiger partial charge is 0.337 e. The third kappa shape index (κ3) is 3.23. The van der Waals surface area contributed by atoms with Crippen LogP contribution >= 0.6 is 0 Å². The lowest BCUT2D eigenvalue weighted by Gasteiger charge is -2.28. The molecule has 2 aliphatic heterocycles. The molecule has 3 aromatic rings. The van der Waals surface area contributed by atoms with E-state index in [0.29, 0.717) is 12.1 Å². The van der Waals surface area contributed by atoms with Crippen LogP contribution in [0.4, 0.5) is 0 Å². The first-order valence-electron chi connectivity index (χ1n) is 10.7. The van der Waals surface area contributed by atoms with Crippen molar-refractivity contribution in [1.82, 2.24) is 19.4 Å². The summed E-state index contributed by atoms with van der Waals surface area (Å²) < 4.78 is 2.14. The fourth-order valence-corrected chi connectivity index (χ4v) is 5.10. The second kappa shape index (κ2) is 7.30. The maximum absolute atomic E-state index is 13.1. The Hall–Kier alpha value is -2.66. The molecule has 5 nitrogen and oxygen atoms in total. The molecule has 0 saturated carbocycles. The van der Waals surface area contributed by atoms with E-state index >= 15 is 0 Å². The zero-order chi connectivity index (χ0) is 20.0. The van der Waals surface area contributed by atoms with Crippen LogP contribution in [0.1, 0.15) is 42.4 Å². The summed E-state index contributed by atoms with van der Waals surface area (Å²) >= 11 is 0. The molecule has 2 aromatic carbocycles. The molecule has 2 aliphatic rings. The molecule has 0 unspecified atom stereocenters. The second-order valence-electron chi connectivity index (χ2n) is 8.45. The lowest BCUT2D eigenvalue weighted by Crippen LogP contribution is -2.40. The number of carbonyl (C=O) groups excluding carboxylic acids is 1. The molecule has 0 aliphatic carbocycles. The number of aromatic nitrogens is 2. The molecule has 0 bridgehead atoms. The third-order valence-electron chi connectivity index (χ3n) is 6.62. The normalized spacial score (nSPS) is 22.6. The molecular formula is C24H28N4O. The molecule has 5 heteroatoms. The maximum atomic E-state index is 13.1. The Balaban J connectivity index is 1.34. The minimum atomic E-state index is 0.151. The predicted octanol–water partition coefficient (Wildman–Crippen LogP) is 4.03. The van der Waals surface area contributed by atoms with Gasteiger partial charge in [0.25, 0.3) is 5.91 Å². The van der Waals surface area contributed by atoms with Crippen LogP contribution in [-0.2, 0) is 0 Å². The van der Waals surface area contributed by atoms with Gasteiger partial charge in [-0.1, -0.05) is 12.1 Å². The molecule has 1 amide bonds. The zero-order valence-corrected chi connectivity index (χ0v) is 17.2. The summed E-state index contributed by atoms with van der Waals surface area (Å²) in [5, 5.41) is 0. The summed E-state index contributed by atoms with van der Waals surface area (Å²) in [5.74, 6) is 1.10. The number of imidazole rings is 1. The van der Waals surface area contributed by atoms with Crippen molar-refractivity contribution in [2.24, 2.45) is 0 Å². The van der Waals surface area contributed by atoms with Crippen molar-refractivity contribution >= 4 is 16.9 Å². The van der Waals surface area contributed by atoms with Crippen molar-refractivity contribution in [3.8, 4) is 5.69 Å². The number of para-hydroxylation sites is 2. The van der Waals surface area contributed by atoms with E-state index in [0.717, 1.165) is 47.6 Å². The minimum absolute atomic E-state index is 0.151. The number of hydrogen-bond donors (Lipinski definition) is 0. The van der Waals surface area contributed by atoms with Gasteiger partial charge in [-0.05, 0) is 76.1 Å². The number of aryl methyl sites for hydroxylation is 1. The minimum Gasteiger partial charge on any atom is -0.337 e. The molecule has 2 atom stereocenters. The molecule has 5 rings (SSSR count). The molecule has 1 aromatic heterocycles. The van der Waals surface area contributed by atoms with E-state index in [2.05, 4.69) is 27.4 Å². The highest BCUT2D eigenvalue weighted by Crippen LogP contribution is 2.26. The van der Waals surface area contributed by atoms with E-state index in [4.69, 9.17) is 0 Å². The average Bonchev–Trinajstić information content (AvgIpc) is 3.45. The highest BCUT2D eigenvalue weighted by molar-refractivity contribution is 5.94. The van der Waals surface area contributed by atoms with Crippen LogP contribution in [0.25, 0.3) is 16.7 Å². The van der Waals surface area contributed by atoms with Crippen molar-refractivity contribution in [3.05, 3.63) is 59.9 Å². The number of amides is 1. The Kier molecular flexibility index (Phi) is 4.63. The molecule has 150 valence electrons. The topological polar surface area (TPSA) is 41.4 Å². The van der Waals surface area contributed by atoms with Gasteiger partial charge in [0.15, 0.2) is 0 Å². The van der Waals surface area contributed by atoms with Crippen LogP contribution in [-0.4, -0.2) is 57.0 Å². The Morgan fingerprint density at radius 2 is 1.83 bits per heavy atom. The molecule has 0 radical (unpaired) electrons. The molecule has 0 spiro atoms. The lowest BCUT2D eigenvalue weighted by molar-refractivity contribution is 0.0774. The monoisotopic (exact) mass is 388 g/mol. The quantitative estimate of drug-likeness (QED) is 0.680. The van der Waals surface area contributed by atoms with Crippen LogP contribution in [0, 0.1) is 6.92 Å². The molecule has 2 saturated heterocycles. The van der Waals surface area contributed by atoms with Gasteiger partial charge in [-0.25, -0.2) is 4.98 Å². The smallest absolute Gasteiger partial charge is 0.253 e. The lowest BCUT2D eigenvalue weighted by atomic mass is 10.1. The summed E-state index contributed by atoms with van der Waals surface area (Å²) in [4.78, 5) is 22.3. The summed E-state index contributed by atoms with van der Waals surface area (Å²) in [6.45, 7) is 7.23. The number of rotatable bonds is 3. The Labute approximate surface area is 171 Å². The SMILES string of the molecule is Cc1nc2ccccc2n1-c1ccc(C(=O)N2CC[C@H](N3CCC[C@@H]3C)C2)cc1. The predicted molar refractivity (Wildman–Crippen MR) is 116 cm³/mol. The van der Waals surface area contributed by atoms with Crippen molar-refractivity contribution in [2.75, 3.05) is 19.6 Å². The Morgan fingerprint density at radius 1 is 1.03 bits per heavy atom. The van der Waals surface area contributed by atoms with Crippen LogP contribution in [0.3, 0.4) is 0 Å². The van der Waals surface area contributed by atoms with Gasteiger partial charge >= 0.3 is 0 Å². The summed E-state index contributed by atoms with van der Waals surface area (Å²) in [7, 11) is 0. The molecule has 0 N–H and O–H groups in total. The first-order chi connectivity index (χ1) is 14.1. The average molecular weight is 389 g/mol. The zero-order valence-electron chi connectivity index (χ0n) is 17.2. The number of benzene rings is 2. The van der Waals surface area contributed by atoms with Gasteiger partial charge in [0, 0.05) is 36.4 Å². The maximum Gasteiger partial charge on any atom is 0.253 e. The van der Waals surface area contributed by atoms with E-state index in [1.54, 1.807) is 0 Å². The van der Waals surface area contributed by atoms with E-state index in [-0.39, 0.29) is 5.91 Å². The van der Waals surface area contributed by atoms with Crippen molar-refractivity contribution in [2.45, 2.75) is 45.2 Å². The summed E-state index contributed by atoms with van der Waals surface area (Å²) in [5.41, 5.74) is 3.89. The molecular weight excluding hydrogens is 360 g/mol. The molecule has 3 heterocycles. The molecule has 29 heavy (non-hydrogen) atoms. The second-order valence-corrected chi connectivity index (χ2v) is 8.45.